The first-order valence-electron chi connectivity index (χ1n) is 14.2. The maximum Gasteiger partial charge on any atom is 0.255 e. The largest absolute Gasteiger partial charge is 0.373 e. The van der Waals surface area contributed by atoms with E-state index in [2.05, 4.69) is 51.7 Å². The van der Waals surface area contributed by atoms with Gasteiger partial charge in [-0.05, 0) is 67.2 Å². The Kier molecular flexibility index (Phi) is 9.89. The first-order valence-corrected chi connectivity index (χ1v) is 15.2. The normalized spacial score (nSPS) is 26.2. The number of benzene rings is 1. The van der Waals surface area contributed by atoms with Gasteiger partial charge < -0.3 is 9.64 Å². The number of imide groups is 1. The summed E-state index contributed by atoms with van der Waals surface area (Å²) in [7, 11) is 0. The Hall–Kier alpha value is -2.64. The third kappa shape index (κ3) is 7.12. The van der Waals surface area contributed by atoms with Gasteiger partial charge in [0.15, 0.2) is 0 Å². The molecule has 0 spiro atoms. The van der Waals surface area contributed by atoms with Crippen LogP contribution in [0, 0.1) is 17.8 Å². The van der Waals surface area contributed by atoms with Crippen LogP contribution in [0.25, 0.3) is 0 Å². The standard InChI is InChI=1S/C32H42N2O4S/c1-6-23(18-38-28-16-21(4)11-13-24(28)20(2)3)12-10-22(5)19-39-29-9-7-8-25-26(29)17-34(32(25)37)27-14-15-30(35)33-31(27)36/h6-10,12,20-21,24,27-28H,1,11,13-19H2,2-5H3,(H,33,35,36)/b22-10+,23-12+. The van der Waals surface area contributed by atoms with Crippen LogP contribution in [0.3, 0.4) is 0 Å². The number of piperidine rings is 1. The van der Waals surface area contributed by atoms with Crippen molar-refractivity contribution in [3.05, 3.63) is 65.3 Å². The Labute approximate surface area is 237 Å². The highest BCUT2D eigenvalue weighted by atomic mass is 32.2. The first kappa shape index (κ1) is 29.3. The Morgan fingerprint density at radius 2 is 2.00 bits per heavy atom. The molecular formula is C32H42N2O4S. The number of amides is 3. The molecule has 2 fully saturated rings. The second-order valence-corrected chi connectivity index (χ2v) is 12.6. The molecule has 210 valence electrons. The fourth-order valence-electron chi connectivity index (χ4n) is 5.87. The topological polar surface area (TPSA) is 75.7 Å². The predicted molar refractivity (Wildman–Crippen MR) is 156 cm³/mol. The highest BCUT2D eigenvalue weighted by molar-refractivity contribution is 7.99. The fraction of sp³-hybridized carbons (Fsp3) is 0.531. The van der Waals surface area contributed by atoms with E-state index in [4.69, 9.17) is 4.74 Å². The number of carbonyl (C=O) groups is 3. The summed E-state index contributed by atoms with van der Waals surface area (Å²) in [4.78, 5) is 39.7. The Bertz CT molecular complexity index is 1170. The van der Waals surface area contributed by atoms with E-state index in [9.17, 15) is 14.4 Å². The lowest BCUT2D eigenvalue weighted by Crippen LogP contribution is -2.52. The third-order valence-electron chi connectivity index (χ3n) is 8.26. The number of ether oxygens (including phenoxy) is 1. The molecule has 0 bridgehead atoms. The Morgan fingerprint density at radius 3 is 2.72 bits per heavy atom. The van der Waals surface area contributed by atoms with Gasteiger partial charge in [-0.3, -0.25) is 19.7 Å². The van der Waals surface area contributed by atoms with E-state index in [-0.39, 0.29) is 24.1 Å². The zero-order valence-corrected chi connectivity index (χ0v) is 24.5. The van der Waals surface area contributed by atoms with Gasteiger partial charge in [0.1, 0.15) is 6.04 Å². The van der Waals surface area contributed by atoms with E-state index in [0.717, 1.165) is 28.2 Å². The molecule has 1 aliphatic carbocycles. The van der Waals surface area contributed by atoms with E-state index < -0.39 is 6.04 Å². The van der Waals surface area contributed by atoms with Crippen molar-refractivity contribution < 1.29 is 19.1 Å². The number of nitrogens with zero attached hydrogens (tertiary/aromatic N) is 1. The van der Waals surface area contributed by atoms with Gasteiger partial charge in [-0.1, -0.05) is 63.6 Å². The van der Waals surface area contributed by atoms with E-state index in [1.54, 1.807) is 16.7 Å². The van der Waals surface area contributed by atoms with Crippen LogP contribution in [0.5, 0.6) is 0 Å². The van der Waals surface area contributed by atoms with Crippen LogP contribution >= 0.6 is 11.8 Å². The third-order valence-corrected chi connectivity index (χ3v) is 9.56. The molecule has 3 amide bonds. The lowest BCUT2D eigenvalue weighted by atomic mass is 9.75. The molecule has 1 N–H and O–H groups in total. The van der Waals surface area contributed by atoms with Gasteiger partial charge in [0.05, 0.1) is 12.7 Å². The SMILES string of the molecule is C=C/C(=C\C=C(/C)CSc1cccc2c1CN(C1CCC(=O)NC1=O)C2=O)COC1CC(C)CCC1C(C)C. The molecule has 3 aliphatic rings. The predicted octanol–water partition coefficient (Wildman–Crippen LogP) is 6.08. The molecule has 7 heteroatoms. The van der Waals surface area contributed by atoms with Crippen LogP contribution in [0.4, 0.5) is 0 Å². The first-order chi connectivity index (χ1) is 18.7. The van der Waals surface area contributed by atoms with E-state index >= 15 is 0 Å². The average molecular weight is 551 g/mol. The van der Waals surface area contributed by atoms with Gasteiger partial charge in [0.2, 0.25) is 11.8 Å². The van der Waals surface area contributed by atoms with Crippen LogP contribution in [-0.4, -0.2) is 47.1 Å². The van der Waals surface area contributed by atoms with E-state index in [1.165, 1.54) is 18.4 Å². The number of allylic oxidation sites excluding steroid dienone is 2. The summed E-state index contributed by atoms with van der Waals surface area (Å²) < 4.78 is 6.42. The maximum atomic E-state index is 13.1. The molecule has 6 nitrogen and oxygen atoms in total. The second kappa shape index (κ2) is 13.1. The second-order valence-electron chi connectivity index (χ2n) is 11.6. The number of nitrogens with one attached hydrogen (secondary N) is 1. The molecule has 4 rings (SSSR count). The summed E-state index contributed by atoms with van der Waals surface area (Å²) in [5.41, 5.74) is 3.89. The molecule has 4 unspecified atom stereocenters. The van der Waals surface area contributed by atoms with Crippen molar-refractivity contribution in [2.45, 2.75) is 83.4 Å². The lowest BCUT2D eigenvalue weighted by molar-refractivity contribution is -0.136. The number of rotatable bonds is 10. The molecule has 2 heterocycles. The van der Waals surface area contributed by atoms with Crippen molar-refractivity contribution in [3.8, 4) is 0 Å². The maximum absolute atomic E-state index is 13.1. The molecule has 1 saturated carbocycles. The minimum Gasteiger partial charge on any atom is -0.373 e. The Balaban J connectivity index is 1.36. The molecule has 4 atom stereocenters. The minimum atomic E-state index is -0.598. The van der Waals surface area contributed by atoms with E-state index in [1.807, 2.05) is 24.3 Å². The van der Waals surface area contributed by atoms with Crippen molar-refractivity contribution in [2.75, 3.05) is 12.4 Å². The van der Waals surface area contributed by atoms with Gasteiger partial charge in [-0.25, -0.2) is 0 Å². The smallest absolute Gasteiger partial charge is 0.255 e. The van der Waals surface area contributed by atoms with Crippen LogP contribution in [-0.2, 0) is 20.9 Å². The summed E-state index contributed by atoms with van der Waals surface area (Å²) in [6, 6.07) is 5.16. The van der Waals surface area contributed by atoms with Crippen molar-refractivity contribution in [1.82, 2.24) is 10.2 Å². The molecule has 0 radical (unpaired) electrons. The fourth-order valence-corrected chi connectivity index (χ4v) is 6.87. The number of thioether (sulfide) groups is 1. The molecule has 1 saturated heterocycles. The molecule has 0 aromatic heterocycles. The molecule has 39 heavy (non-hydrogen) atoms. The summed E-state index contributed by atoms with van der Waals surface area (Å²) >= 11 is 1.70. The zero-order valence-electron chi connectivity index (χ0n) is 23.7. The number of carbonyl (C=O) groups excluding carboxylic acids is 3. The summed E-state index contributed by atoms with van der Waals surface area (Å²) in [6.07, 6.45) is 10.7. The van der Waals surface area contributed by atoms with Gasteiger partial charge in [-0.15, -0.1) is 11.8 Å². The van der Waals surface area contributed by atoms with Crippen LogP contribution in [0.15, 0.2) is 59.0 Å². The molecular weight excluding hydrogens is 508 g/mol. The van der Waals surface area contributed by atoms with Gasteiger partial charge in [0.25, 0.3) is 5.91 Å². The number of fused-ring (bicyclic) bond motifs is 1. The molecule has 1 aromatic rings. The summed E-state index contributed by atoms with van der Waals surface area (Å²) in [5.74, 6) is 1.94. The van der Waals surface area contributed by atoms with Crippen LogP contribution < -0.4 is 5.32 Å². The Morgan fingerprint density at radius 1 is 1.21 bits per heavy atom. The summed E-state index contributed by atoms with van der Waals surface area (Å²) in [6.45, 7) is 14.0. The van der Waals surface area contributed by atoms with Crippen molar-refractivity contribution in [2.24, 2.45) is 17.8 Å². The highest BCUT2D eigenvalue weighted by Crippen LogP contribution is 2.36. The number of hydrogen-bond donors (Lipinski definition) is 1. The number of hydrogen-bond acceptors (Lipinski definition) is 5. The average Bonchev–Trinajstić information content (AvgIpc) is 3.24. The van der Waals surface area contributed by atoms with Gasteiger partial charge in [-0.2, -0.15) is 0 Å². The highest BCUT2D eigenvalue weighted by Gasteiger charge is 2.39. The molecule has 1 aromatic carbocycles. The minimum absolute atomic E-state index is 0.139. The quantitative estimate of drug-likeness (QED) is 0.217. The molecule has 2 aliphatic heterocycles. The monoisotopic (exact) mass is 550 g/mol. The van der Waals surface area contributed by atoms with E-state index in [0.29, 0.717) is 49.0 Å². The zero-order chi connectivity index (χ0) is 28.1. The van der Waals surface area contributed by atoms with Crippen molar-refractivity contribution in [3.63, 3.8) is 0 Å². The van der Waals surface area contributed by atoms with Gasteiger partial charge >= 0.3 is 0 Å². The van der Waals surface area contributed by atoms with Crippen LogP contribution in [0.2, 0.25) is 0 Å². The van der Waals surface area contributed by atoms with Gasteiger partial charge in [0, 0.05) is 29.2 Å². The van der Waals surface area contributed by atoms with Crippen molar-refractivity contribution in [1.29, 1.82) is 0 Å². The van der Waals surface area contributed by atoms with Crippen molar-refractivity contribution >= 4 is 29.5 Å². The lowest BCUT2D eigenvalue weighted by Gasteiger charge is -2.37. The summed E-state index contributed by atoms with van der Waals surface area (Å²) in [5, 5.41) is 2.37. The van der Waals surface area contributed by atoms with Crippen LogP contribution in [0.1, 0.15) is 75.7 Å².